The second-order valence-corrected chi connectivity index (χ2v) is 5.50. The van der Waals surface area contributed by atoms with Crippen molar-refractivity contribution < 1.29 is 9.53 Å². The molecule has 2 rings (SSSR count). The van der Waals surface area contributed by atoms with E-state index in [2.05, 4.69) is 5.32 Å². The first-order valence-electron chi connectivity index (χ1n) is 7.83. The van der Waals surface area contributed by atoms with E-state index in [-0.39, 0.29) is 12.1 Å². The average molecular weight is 275 g/mol. The number of ether oxygens (including phenoxy) is 1. The normalized spacial score (nSPS) is 16.4. The predicted molar refractivity (Wildman–Crippen MR) is 81.7 cm³/mol. The molecule has 1 aromatic rings. The van der Waals surface area contributed by atoms with Crippen LogP contribution in [-0.4, -0.2) is 18.6 Å². The van der Waals surface area contributed by atoms with Crippen LogP contribution < -0.4 is 5.32 Å². The van der Waals surface area contributed by atoms with Gasteiger partial charge in [-0.05, 0) is 44.2 Å². The summed E-state index contributed by atoms with van der Waals surface area (Å²) in [4.78, 5) is 11.8. The highest BCUT2D eigenvalue weighted by Crippen LogP contribution is 2.20. The fourth-order valence-electron chi connectivity index (χ4n) is 2.63. The van der Waals surface area contributed by atoms with Gasteiger partial charge in [0.05, 0.1) is 0 Å². The standard InChI is InChI=1S/C17H25NO2/c19-17(20-16-11-6-1-2-7-12-16)13-8-14-18-15-9-4-3-5-10-15/h3-5,9-10,16,18H,1-2,6-8,11-14H2. The number of hydrogen-bond acceptors (Lipinski definition) is 3. The SMILES string of the molecule is O=C(CCCNc1ccccc1)OC1CCCCCC1. The first-order chi connectivity index (χ1) is 9.84. The molecule has 0 saturated heterocycles. The molecule has 0 atom stereocenters. The number of nitrogens with one attached hydrogen (secondary N) is 1. The van der Waals surface area contributed by atoms with Crippen molar-refractivity contribution in [3.63, 3.8) is 0 Å². The Morgan fingerprint density at radius 1 is 1.10 bits per heavy atom. The minimum absolute atomic E-state index is 0.0354. The number of para-hydroxylation sites is 1. The molecule has 0 heterocycles. The maximum absolute atomic E-state index is 11.8. The van der Waals surface area contributed by atoms with E-state index in [4.69, 9.17) is 4.74 Å². The van der Waals surface area contributed by atoms with E-state index in [9.17, 15) is 4.79 Å². The van der Waals surface area contributed by atoms with Crippen LogP contribution in [0.25, 0.3) is 0 Å². The summed E-state index contributed by atoms with van der Waals surface area (Å²) in [6, 6.07) is 10.1. The van der Waals surface area contributed by atoms with Crippen molar-refractivity contribution in [1.82, 2.24) is 0 Å². The van der Waals surface area contributed by atoms with Crippen molar-refractivity contribution in [3.8, 4) is 0 Å². The highest BCUT2D eigenvalue weighted by molar-refractivity contribution is 5.69. The van der Waals surface area contributed by atoms with Gasteiger partial charge in [-0.25, -0.2) is 0 Å². The molecule has 3 nitrogen and oxygen atoms in total. The molecule has 1 aromatic carbocycles. The van der Waals surface area contributed by atoms with Crippen LogP contribution in [0.2, 0.25) is 0 Å². The summed E-state index contributed by atoms with van der Waals surface area (Å²) in [5.74, 6) is -0.0354. The van der Waals surface area contributed by atoms with Gasteiger partial charge >= 0.3 is 5.97 Å². The minimum Gasteiger partial charge on any atom is -0.462 e. The Kier molecular flexibility index (Phi) is 6.42. The van der Waals surface area contributed by atoms with Gasteiger partial charge < -0.3 is 10.1 Å². The van der Waals surface area contributed by atoms with E-state index in [1.165, 1.54) is 25.7 Å². The van der Waals surface area contributed by atoms with E-state index in [0.717, 1.165) is 31.5 Å². The van der Waals surface area contributed by atoms with E-state index >= 15 is 0 Å². The molecule has 0 radical (unpaired) electrons. The molecule has 0 bridgehead atoms. The largest absolute Gasteiger partial charge is 0.462 e. The molecule has 1 aliphatic carbocycles. The molecule has 0 aliphatic heterocycles. The Hall–Kier alpha value is -1.51. The number of hydrogen-bond donors (Lipinski definition) is 1. The minimum atomic E-state index is -0.0354. The van der Waals surface area contributed by atoms with Crippen molar-refractivity contribution in [1.29, 1.82) is 0 Å². The highest BCUT2D eigenvalue weighted by atomic mass is 16.5. The zero-order valence-electron chi connectivity index (χ0n) is 12.1. The van der Waals surface area contributed by atoms with Crippen LogP contribution in [0.3, 0.4) is 0 Å². The highest BCUT2D eigenvalue weighted by Gasteiger charge is 2.16. The molecule has 110 valence electrons. The molecular formula is C17H25NO2. The third-order valence-electron chi connectivity index (χ3n) is 3.76. The van der Waals surface area contributed by atoms with Crippen LogP contribution in [0.15, 0.2) is 30.3 Å². The lowest BCUT2D eigenvalue weighted by Gasteiger charge is -2.15. The number of anilines is 1. The Balaban J connectivity index is 1.58. The van der Waals surface area contributed by atoms with Gasteiger partial charge in [-0.2, -0.15) is 0 Å². The first-order valence-corrected chi connectivity index (χ1v) is 7.83. The summed E-state index contributed by atoms with van der Waals surface area (Å²) in [7, 11) is 0. The molecule has 1 saturated carbocycles. The number of benzene rings is 1. The first kappa shape index (κ1) is 14.9. The Morgan fingerprint density at radius 2 is 1.80 bits per heavy atom. The number of esters is 1. The molecule has 0 unspecified atom stereocenters. The summed E-state index contributed by atoms with van der Waals surface area (Å²) in [5, 5.41) is 3.31. The van der Waals surface area contributed by atoms with Crippen LogP contribution in [0.1, 0.15) is 51.4 Å². The second kappa shape index (κ2) is 8.62. The van der Waals surface area contributed by atoms with E-state index in [1.807, 2.05) is 30.3 Å². The fraction of sp³-hybridized carbons (Fsp3) is 0.588. The lowest BCUT2D eigenvalue weighted by Crippen LogP contribution is -2.18. The van der Waals surface area contributed by atoms with Crippen LogP contribution >= 0.6 is 0 Å². The van der Waals surface area contributed by atoms with Crippen molar-refractivity contribution in [3.05, 3.63) is 30.3 Å². The Bertz CT molecular complexity index is 383. The van der Waals surface area contributed by atoms with Crippen molar-refractivity contribution >= 4 is 11.7 Å². The Morgan fingerprint density at radius 3 is 2.50 bits per heavy atom. The topological polar surface area (TPSA) is 38.3 Å². The molecule has 3 heteroatoms. The van der Waals surface area contributed by atoms with Crippen molar-refractivity contribution in [2.45, 2.75) is 57.5 Å². The molecule has 1 fully saturated rings. The average Bonchev–Trinajstić information content (AvgIpc) is 2.73. The zero-order chi connectivity index (χ0) is 14.0. The lowest BCUT2D eigenvalue weighted by atomic mass is 10.1. The van der Waals surface area contributed by atoms with Crippen molar-refractivity contribution in [2.75, 3.05) is 11.9 Å². The molecule has 0 aromatic heterocycles. The van der Waals surface area contributed by atoms with Crippen LogP contribution in [-0.2, 0) is 9.53 Å². The van der Waals surface area contributed by atoms with Crippen molar-refractivity contribution in [2.24, 2.45) is 0 Å². The van der Waals surface area contributed by atoms with E-state index in [0.29, 0.717) is 6.42 Å². The monoisotopic (exact) mass is 275 g/mol. The summed E-state index contributed by atoms with van der Waals surface area (Å²) in [6.07, 6.45) is 8.58. The molecule has 1 aliphatic rings. The third-order valence-corrected chi connectivity index (χ3v) is 3.76. The fourth-order valence-corrected chi connectivity index (χ4v) is 2.63. The van der Waals surface area contributed by atoms with Gasteiger partial charge in [0.25, 0.3) is 0 Å². The zero-order valence-corrected chi connectivity index (χ0v) is 12.1. The van der Waals surface area contributed by atoms with Crippen LogP contribution in [0.5, 0.6) is 0 Å². The summed E-state index contributed by atoms with van der Waals surface area (Å²) >= 11 is 0. The van der Waals surface area contributed by atoms with Gasteiger partial charge in [-0.15, -0.1) is 0 Å². The third kappa shape index (κ3) is 5.64. The van der Waals surface area contributed by atoms with Gasteiger partial charge in [0, 0.05) is 18.7 Å². The van der Waals surface area contributed by atoms with E-state index in [1.54, 1.807) is 0 Å². The quantitative estimate of drug-likeness (QED) is 0.481. The van der Waals surface area contributed by atoms with E-state index < -0.39 is 0 Å². The summed E-state index contributed by atoms with van der Waals surface area (Å²) in [5.41, 5.74) is 1.10. The molecule has 20 heavy (non-hydrogen) atoms. The number of rotatable bonds is 6. The van der Waals surface area contributed by atoms with Gasteiger partial charge in [0.2, 0.25) is 0 Å². The van der Waals surface area contributed by atoms with Gasteiger partial charge in [-0.3, -0.25) is 4.79 Å². The van der Waals surface area contributed by atoms with Gasteiger partial charge in [-0.1, -0.05) is 31.0 Å². The molecule has 0 amide bonds. The molecular weight excluding hydrogens is 250 g/mol. The van der Waals surface area contributed by atoms with Crippen LogP contribution in [0, 0.1) is 0 Å². The predicted octanol–water partition coefficient (Wildman–Crippen LogP) is 4.14. The molecule has 1 N–H and O–H groups in total. The summed E-state index contributed by atoms with van der Waals surface area (Å²) < 4.78 is 5.56. The smallest absolute Gasteiger partial charge is 0.306 e. The van der Waals surface area contributed by atoms with Crippen LogP contribution in [0.4, 0.5) is 5.69 Å². The number of carbonyl (C=O) groups excluding carboxylic acids is 1. The Labute approximate surface area is 121 Å². The lowest BCUT2D eigenvalue weighted by molar-refractivity contribution is -0.149. The second-order valence-electron chi connectivity index (χ2n) is 5.50. The van der Waals surface area contributed by atoms with Gasteiger partial charge in [0.1, 0.15) is 6.10 Å². The summed E-state index contributed by atoms with van der Waals surface area (Å²) in [6.45, 7) is 0.809. The maximum atomic E-state index is 11.8. The maximum Gasteiger partial charge on any atom is 0.306 e. The van der Waals surface area contributed by atoms with Gasteiger partial charge in [0.15, 0.2) is 0 Å². The molecule has 0 spiro atoms. The number of carbonyl (C=O) groups is 1.